The van der Waals surface area contributed by atoms with E-state index in [1.165, 1.54) is 0 Å². The standard InChI is InChI=1S/C14H14O3S/c1-2-17-14-9-8-12(18(15)16)10-13(14)11-6-4-3-5-7-11/h3-10H,2H2,1H3,(H,15,16). The Balaban J connectivity index is 2.54. The van der Waals surface area contributed by atoms with Crippen LogP contribution in [-0.4, -0.2) is 15.4 Å². The Bertz CT molecular complexity index is 552. The van der Waals surface area contributed by atoms with Gasteiger partial charge in [-0.25, -0.2) is 4.21 Å². The van der Waals surface area contributed by atoms with Gasteiger partial charge < -0.3 is 9.29 Å². The molecule has 4 heteroatoms. The second kappa shape index (κ2) is 5.80. The fourth-order valence-corrected chi connectivity index (χ4v) is 2.15. The molecule has 0 aliphatic carbocycles. The molecule has 1 N–H and O–H groups in total. The van der Waals surface area contributed by atoms with Gasteiger partial charge in [0.05, 0.1) is 11.5 Å². The first kappa shape index (κ1) is 12.8. The van der Waals surface area contributed by atoms with E-state index < -0.39 is 11.1 Å². The lowest BCUT2D eigenvalue weighted by Crippen LogP contribution is -1.96. The number of benzene rings is 2. The third-order valence-electron chi connectivity index (χ3n) is 2.54. The first-order valence-corrected chi connectivity index (χ1v) is 6.76. The molecule has 1 atom stereocenters. The van der Waals surface area contributed by atoms with Crippen molar-refractivity contribution in [2.75, 3.05) is 6.61 Å². The van der Waals surface area contributed by atoms with Gasteiger partial charge in [0.15, 0.2) is 11.1 Å². The van der Waals surface area contributed by atoms with E-state index in [1.54, 1.807) is 18.2 Å². The Morgan fingerprint density at radius 1 is 1.17 bits per heavy atom. The van der Waals surface area contributed by atoms with Crippen molar-refractivity contribution < 1.29 is 13.5 Å². The van der Waals surface area contributed by atoms with E-state index in [9.17, 15) is 4.21 Å². The summed E-state index contributed by atoms with van der Waals surface area (Å²) in [7, 11) is 0. The number of hydrogen-bond acceptors (Lipinski definition) is 2. The highest BCUT2D eigenvalue weighted by atomic mass is 32.2. The molecule has 3 nitrogen and oxygen atoms in total. The molecule has 0 heterocycles. The molecule has 2 aromatic carbocycles. The minimum atomic E-state index is -1.98. The van der Waals surface area contributed by atoms with E-state index in [0.717, 1.165) is 16.9 Å². The maximum Gasteiger partial charge on any atom is 0.186 e. The summed E-state index contributed by atoms with van der Waals surface area (Å²) in [6.45, 7) is 2.47. The van der Waals surface area contributed by atoms with Crippen LogP contribution in [0, 0.1) is 0 Å². The van der Waals surface area contributed by atoms with Crippen LogP contribution in [0.1, 0.15) is 6.92 Å². The Kier molecular flexibility index (Phi) is 4.12. The molecule has 0 amide bonds. The molecule has 2 aromatic rings. The predicted molar refractivity (Wildman–Crippen MR) is 72.1 cm³/mol. The summed E-state index contributed by atoms with van der Waals surface area (Å²) in [4.78, 5) is 0.373. The van der Waals surface area contributed by atoms with Gasteiger partial charge in [-0.15, -0.1) is 0 Å². The van der Waals surface area contributed by atoms with Crippen molar-refractivity contribution in [3.8, 4) is 16.9 Å². The molecule has 94 valence electrons. The van der Waals surface area contributed by atoms with Crippen LogP contribution in [0.5, 0.6) is 5.75 Å². The Morgan fingerprint density at radius 2 is 1.89 bits per heavy atom. The molecule has 0 spiro atoms. The Morgan fingerprint density at radius 3 is 2.50 bits per heavy atom. The Hall–Kier alpha value is -1.65. The second-order valence-corrected chi connectivity index (χ2v) is 4.68. The van der Waals surface area contributed by atoms with Gasteiger partial charge in [0, 0.05) is 5.56 Å². The SMILES string of the molecule is CCOc1ccc(S(=O)O)cc1-c1ccccc1. The van der Waals surface area contributed by atoms with Crippen LogP contribution in [-0.2, 0) is 11.1 Å². The number of rotatable bonds is 4. The molecule has 0 aromatic heterocycles. The van der Waals surface area contributed by atoms with Crippen molar-refractivity contribution >= 4 is 11.1 Å². The second-order valence-electron chi connectivity index (χ2n) is 3.71. The highest BCUT2D eigenvalue weighted by Crippen LogP contribution is 2.31. The Labute approximate surface area is 109 Å². The van der Waals surface area contributed by atoms with Gasteiger partial charge in [-0.05, 0) is 30.7 Å². The van der Waals surface area contributed by atoms with Gasteiger partial charge in [0.25, 0.3) is 0 Å². The summed E-state index contributed by atoms with van der Waals surface area (Å²) >= 11 is -1.98. The normalized spacial score (nSPS) is 12.1. The molecule has 0 fully saturated rings. The summed E-state index contributed by atoms with van der Waals surface area (Å²) in [5.41, 5.74) is 1.80. The van der Waals surface area contributed by atoms with E-state index in [1.807, 2.05) is 37.3 Å². The van der Waals surface area contributed by atoms with E-state index in [0.29, 0.717) is 11.5 Å². The zero-order chi connectivity index (χ0) is 13.0. The first-order valence-electron chi connectivity index (χ1n) is 5.65. The maximum absolute atomic E-state index is 11.1. The summed E-state index contributed by atoms with van der Waals surface area (Å²) in [6.07, 6.45) is 0. The third kappa shape index (κ3) is 2.78. The lowest BCUT2D eigenvalue weighted by atomic mass is 10.0. The van der Waals surface area contributed by atoms with Gasteiger partial charge >= 0.3 is 0 Å². The smallest absolute Gasteiger partial charge is 0.186 e. The quantitative estimate of drug-likeness (QED) is 0.860. The molecule has 0 bridgehead atoms. The molecular formula is C14H14O3S. The van der Waals surface area contributed by atoms with Crippen LogP contribution in [0.25, 0.3) is 11.1 Å². The average Bonchev–Trinajstić information content (AvgIpc) is 2.40. The minimum absolute atomic E-state index is 0.373. The molecule has 1 unspecified atom stereocenters. The fourth-order valence-electron chi connectivity index (χ4n) is 1.74. The van der Waals surface area contributed by atoms with Crippen molar-refractivity contribution in [1.82, 2.24) is 0 Å². The minimum Gasteiger partial charge on any atom is -0.493 e. The molecule has 0 aliphatic rings. The van der Waals surface area contributed by atoms with Crippen molar-refractivity contribution in [3.05, 3.63) is 48.5 Å². The summed E-state index contributed by atoms with van der Waals surface area (Å²) < 4.78 is 25.8. The van der Waals surface area contributed by atoms with Crippen molar-refractivity contribution in [3.63, 3.8) is 0 Å². The first-order chi connectivity index (χ1) is 8.72. The largest absolute Gasteiger partial charge is 0.493 e. The lowest BCUT2D eigenvalue weighted by molar-refractivity contribution is 0.341. The van der Waals surface area contributed by atoms with E-state index in [-0.39, 0.29) is 0 Å². The van der Waals surface area contributed by atoms with Crippen LogP contribution in [0.4, 0.5) is 0 Å². The predicted octanol–water partition coefficient (Wildman–Crippen LogP) is 3.33. The van der Waals surface area contributed by atoms with Crippen LogP contribution < -0.4 is 4.74 Å². The number of hydrogen-bond donors (Lipinski definition) is 1. The van der Waals surface area contributed by atoms with E-state index in [2.05, 4.69) is 0 Å². The lowest BCUT2D eigenvalue weighted by Gasteiger charge is -2.11. The maximum atomic E-state index is 11.1. The van der Waals surface area contributed by atoms with Crippen molar-refractivity contribution in [1.29, 1.82) is 0 Å². The molecule has 2 rings (SSSR count). The average molecular weight is 262 g/mol. The molecule has 0 aliphatic heterocycles. The van der Waals surface area contributed by atoms with Crippen LogP contribution >= 0.6 is 0 Å². The zero-order valence-corrected chi connectivity index (χ0v) is 10.8. The van der Waals surface area contributed by atoms with Crippen LogP contribution in [0.2, 0.25) is 0 Å². The van der Waals surface area contributed by atoms with Crippen molar-refractivity contribution in [2.45, 2.75) is 11.8 Å². The molecule has 0 radical (unpaired) electrons. The van der Waals surface area contributed by atoms with E-state index in [4.69, 9.17) is 9.29 Å². The highest BCUT2D eigenvalue weighted by Gasteiger charge is 2.09. The van der Waals surface area contributed by atoms with E-state index >= 15 is 0 Å². The highest BCUT2D eigenvalue weighted by molar-refractivity contribution is 7.79. The van der Waals surface area contributed by atoms with Gasteiger partial charge in [0.2, 0.25) is 0 Å². The monoisotopic (exact) mass is 262 g/mol. The van der Waals surface area contributed by atoms with Gasteiger partial charge in [0.1, 0.15) is 5.75 Å². The summed E-state index contributed by atoms with van der Waals surface area (Å²) in [5, 5.41) is 0. The zero-order valence-electron chi connectivity index (χ0n) is 10.00. The molecule has 0 saturated carbocycles. The summed E-state index contributed by atoms with van der Waals surface area (Å²) in [5.74, 6) is 0.720. The number of ether oxygens (including phenoxy) is 1. The topological polar surface area (TPSA) is 46.5 Å². The van der Waals surface area contributed by atoms with Gasteiger partial charge in [-0.1, -0.05) is 30.3 Å². The molecule has 0 saturated heterocycles. The van der Waals surface area contributed by atoms with Gasteiger partial charge in [-0.3, -0.25) is 0 Å². The van der Waals surface area contributed by atoms with Crippen molar-refractivity contribution in [2.24, 2.45) is 0 Å². The third-order valence-corrected chi connectivity index (χ3v) is 3.19. The fraction of sp³-hybridized carbons (Fsp3) is 0.143. The molecular weight excluding hydrogens is 248 g/mol. The molecule has 18 heavy (non-hydrogen) atoms. The summed E-state index contributed by atoms with van der Waals surface area (Å²) in [6, 6.07) is 14.7. The van der Waals surface area contributed by atoms with Crippen LogP contribution in [0.15, 0.2) is 53.4 Å². The van der Waals surface area contributed by atoms with Gasteiger partial charge in [-0.2, -0.15) is 0 Å². The van der Waals surface area contributed by atoms with Crippen LogP contribution in [0.3, 0.4) is 0 Å².